The second kappa shape index (κ2) is 10.2. The van der Waals surface area contributed by atoms with Crippen molar-refractivity contribution in [1.29, 1.82) is 0 Å². The predicted molar refractivity (Wildman–Crippen MR) is 126 cm³/mol. The molecule has 1 aliphatic carbocycles. The fraction of sp³-hybridized carbons (Fsp3) is 0.423. The number of rotatable bonds is 11. The Morgan fingerprint density at radius 2 is 1.75 bits per heavy atom. The molecule has 0 spiro atoms. The van der Waals surface area contributed by atoms with Crippen LogP contribution in [0.4, 0.5) is 0 Å². The summed E-state index contributed by atoms with van der Waals surface area (Å²) in [6.07, 6.45) is 3.56. The molecule has 1 aromatic heterocycles. The highest BCUT2D eigenvalue weighted by atomic mass is 16.5. The highest BCUT2D eigenvalue weighted by molar-refractivity contribution is 5.47. The molecule has 170 valence electrons. The number of benzene rings is 2. The number of para-hydroxylation sites is 3. The van der Waals surface area contributed by atoms with Gasteiger partial charge in [-0.25, -0.2) is 4.68 Å². The summed E-state index contributed by atoms with van der Waals surface area (Å²) < 4.78 is 13.9. The summed E-state index contributed by atoms with van der Waals surface area (Å²) in [5, 5.41) is 15.3. The molecule has 6 nitrogen and oxygen atoms in total. The SMILES string of the molecule is CCc1nn(-c2ccccc2)c(Oc2ccccc2OC)c1CN(C[C@@H](O)CC)C1CC1. The summed E-state index contributed by atoms with van der Waals surface area (Å²) in [4.78, 5) is 2.38. The van der Waals surface area contributed by atoms with Crippen molar-refractivity contribution in [3.63, 3.8) is 0 Å². The molecule has 1 heterocycles. The number of aliphatic hydroxyl groups is 1. The van der Waals surface area contributed by atoms with Gasteiger partial charge < -0.3 is 14.6 Å². The summed E-state index contributed by atoms with van der Waals surface area (Å²) in [5.74, 6) is 2.04. The van der Waals surface area contributed by atoms with Crippen LogP contribution >= 0.6 is 0 Å². The van der Waals surface area contributed by atoms with Crippen LogP contribution in [-0.2, 0) is 13.0 Å². The lowest BCUT2D eigenvalue weighted by molar-refractivity contribution is 0.100. The van der Waals surface area contributed by atoms with E-state index in [9.17, 15) is 5.11 Å². The average molecular weight is 436 g/mol. The van der Waals surface area contributed by atoms with E-state index in [2.05, 4.69) is 11.8 Å². The Morgan fingerprint density at radius 1 is 1.06 bits per heavy atom. The average Bonchev–Trinajstić information content (AvgIpc) is 3.63. The van der Waals surface area contributed by atoms with Gasteiger partial charge in [-0.3, -0.25) is 4.90 Å². The lowest BCUT2D eigenvalue weighted by Gasteiger charge is -2.25. The quantitative estimate of drug-likeness (QED) is 0.461. The molecule has 3 aromatic rings. The van der Waals surface area contributed by atoms with Crippen LogP contribution in [0.1, 0.15) is 44.4 Å². The minimum absolute atomic E-state index is 0.330. The van der Waals surface area contributed by atoms with Gasteiger partial charge in [0.05, 0.1) is 30.2 Å². The van der Waals surface area contributed by atoms with Crippen LogP contribution in [0.15, 0.2) is 54.6 Å². The molecule has 4 rings (SSSR count). The molecule has 0 aliphatic heterocycles. The molecule has 1 aliphatic rings. The summed E-state index contributed by atoms with van der Waals surface area (Å²) in [6.45, 7) is 5.50. The molecule has 0 saturated heterocycles. The number of hydrogen-bond donors (Lipinski definition) is 1. The standard InChI is InChI=1S/C26H33N3O3/c1-4-21(30)17-28(19-15-16-19)18-22-23(5-2)27-29(20-11-7-6-8-12-20)26(22)32-25-14-10-9-13-24(25)31-3/h6-14,19,21,30H,4-5,15-18H2,1-3H3/t21-/m0/s1. The van der Waals surface area contributed by atoms with E-state index < -0.39 is 0 Å². The van der Waals surface area contributed by atoms with Gasteiger partial charge in [-0.1, -0.05) is 44.2 Å². The molecule has 1 atom stereocenters. The van der Waals surface area contributed by atoms with E-state index in [1.807, 2.05) is 66.2 Å². The van der Waals surface area contributed by atoms with Gasteiger partial charge in [-0.2, -0.15) is 5.10 Å². The summed E-state index contributed by atoms with van der Waals surface area (Å²) >= 11 is 0. The molecule has 0 radical (unpaired) electrons. The maximum atomic E-state index is 10.4. The van der Waals surface area contributed by atoms with Gasteiger partial charge in [0.25, 0.3) is 0 Å². The van der Waals surface area contributed by atoms with Crippen molar-refractivity contribution in [2.45, 2.75) is 58.2 Å². The van der Waals surface area contributed by atoms with E-state index >= 15 is 0 Å². The first-order chi connectivity index (χ1) is 15.6. The first-order valence-corrected chi connectivity index (χ1v) is 11.5. The Morgan fingerprint density at radius 3 is 2.38 bits per heavy atom. The van der Waals surface area contributed by atoms with Gasteiger partial charge in [0, 0.05) is 19.1 Å². The second-order valence-corrected chi connectivity index (χ2v) is 8.31. The number of aliphatic hydroxyl groups excluding tert-OH is 1. The van der Waals surface area contributed by atoms with Gasteiger partial charge in [0.2, 0.25) is 5.88 Å². The summed E-state index contributed by atoms with van der Waals surface area (Å²) in [6, 6.07) is 18.3. The highest BCUT2D eigenvalue weighted by Gasteiger charge is 2.32. The lowest BCUT2D eigenvalue weighted by atomic mass is 10.1. The number of nitrogens with zero attached hydrogens (tertiary/aromatic N) is 3. The zero-order valence-corrected chi connectivity index (χ0v) is 19.2. The van der Waals surface area contributed by atoms with Gasteiger partial charge >= 0.3 is 0 Å². The molecular formula is C26H33N3O3. The van der Waals surface area contributed by atoms with Crippen molar-refractivity contribution in [3.05, 3.63) is 65.9 Å². The van der Waals surface area contributed by atoms with Gasteiger partial charge in [0.1, 0.15) is 0 Å². The summed E-state index contributed by atoms with van der Waals surface area (Å²) in [7, 11) is 1.65. The Labute approximate surface area is 190 Å². The number of ether oxygens (including phenoxy) is 2. The first-order valence-electron chi connectivity index (χ1n) is 11.5. The number of aryl methyl sites for hydroxylation is 1. The molecule has 0 unspecified atom stereocenters. The highest BCUT2D eigenvalue weighted by Crippen LogP contribution is 2.38. The van der Waals surface area contributed by atoms with E-state index in [1.54, 1.807) is 7.11 Å². The van der Waals surface area contributed by atoms with Crippen LogP contribution in [0, 0.1) is 0 Å². The monoisotopic (exact) mass is 435 g/mol. The van der Waals surface area contributed by atoms with Crippen LogP contribution < -0.4 is 9.47 Å². The Balaban J connectivity index is 1.78. The number of hydrogen-bond acceptors (Lipinski definition) is 5. The van der Waals surface area contributed by atoms with Crippen molar-refractivity contribution in [2.75, 3.05) is 13.7 Å². The van der Waals surface area contributed by atoms with Gasteiger partial charge in [-0.15, -0.1) is 0 Å². The number of methoxy groups -OCH3 is 1. The van der Waals surface area contributed by atoms with Gasteiger partial charge in [-0.05, 0) is 49.9 Å². The third-order valence-electron chi connectivity index (χ3n) is 5.97. The molecule has 1 saturated carbocycles. The Hall–Kier alpha value is -2.83. The first kappa shape index (κ1) is 22.4. The van der Waals surface area contributed by atoms with E-state index in [0.29, 0.717) is 36.5 Å². The largest absolute Gasteiger partial charge is 0.493 e. The fourth-order valence-corrected chi connectivity index (χ4v) is 3.96. The Bertz CT molecular complexity index is 1010. The van der Waals surface area contributed by atoms with Crippen molar-refractivity contribution < 1.29 is 14.6 Å². The van der Waals surface area contributed by atoms with E-state index in [1.165, 1.54) is 12.8 Å². The molecule has 6 heteroatoms. The second-order valence-electron chi connectivity index (χ2n) is 8.31. The predicted octanol–water partition coefficient (Wildman–Crippen LogP) is 4.97. The molecule has 1 N–H and O–H groups in total. The lowest BCUT2D eigenvalue weighted by Crippen LogP contribution is -2.33. The van der Waals surface area contributed by atoms with E-state index in [4.69, 9.17) is 14.6 Å². The topological polar surface area (TPSA) is 59.8 Å². The number of aromatic nitrogens is 2. The van der Waals surface area contributed by atoms with E-state index in [-0.39, 0.29) is 6.10 Å². The fourth-order valence-electron chi connectivity index (χ4n) is 3.96. The zero-order chi connectivity index (χ0) is 22.5. The third-order valence-corrected chi connectivity index (χ3v) is 5.97. The third kappa shape index (κ3) is 4.97. The molecule has 32 heavy (non-hydrogen) atoms. The normalized spacial score (nSPS) is 14.5. The molecular weight excluding hydrogens is 402 g/mol. The van der Waals surface area contributed by atoms with Crippen LogP contribution in [0.25, 0.3) is 5.69 Å². The maximum absolute atomic E-state index is 10.4. The molecule has 0 bridgehead atoms. The molecule has 1 fully saturated rings. The Kier molecular flexibility index (Phi) is 7.12. The van der Waals surface area contributed by atoms with Crippen molar-refractivity contribution in [3.8, 4) is 23.1 Å². The van der Waals surface area contributed by atoms with Crippen molar-refractivity contribution in [1.82, 2.24) is 14.7 Å². The molecule has 0 amide bonds. The maximum Gasteiger partial charge on any atom is 0.227 e. The minimum atomic E-state index is -0.330. The van der Waals surface area contributed by atoms with Crippen molar-refractivity contribution in [2.24, 2.45) is 0 Å². The van der Waals surface area contributed by atoms with Crippen LogP contribution in [0.5, 0.6) is 17.4 Å². The van der Waals surface area contributed by atoms with E-state index in [0.717, 1.165) is 29.8 Å². The molecule has 2 aromatic carbocycles. The zero-order valence-electron chi connectivity index (χ0n) is 19.2. The van der Waals surface area contributed by atoms with Gasteiger partial charge in [0.15, 0.2) is 11.5 Å². The minimum Gasteiger partial charge on any atom is -0.493 e. The van der Waals surface area contributed by atoms with Crippen LogP contribution in [-0.4, -0.2) is 45.6 Å². The smallest absolute Gasteiger partial charge is 0.227 e. The summed E-state index contributed by atoms with van der Waals surface area (Å²) in [5.41, 5.74) is 3.03. The van der Waals surface area contributed by atoms with Crippen LogP contribution in [0.2, 0.25) is 0 Å². The van der Waals surface area contributed by atoms with Crippen molar-refractivity contribution >= 4 is 0 Å². The van der Waals surface area contributed by atoms with Crippen LogP contribution in [0.3, 0.4) is 0 Å².